The summed E-state index contributed by atoms with van der Waals surface area (Å²) in [5.41, 5.74) is 3.66. The quantitative estimate of drug-likeness (QED) is 0.298. The standard InChI is InChI=1S/C28H24ClN3O3S/c1-3-21-12-15-25(16-13-21)36(34,35)31-28(33)27-19-32(20(2)30-27)18-24-14-11-23(17-26(24)29)10-9-22-7-5-4-6-8-22/h3-17,19H,1,18H2,2H3,(H,31,33). The number of halogens is 1. The number of aromatic nitrogens is 2. The number of aryl methyl sites for hydroxylation is 1. The summed E-state index contributed by atoms with van der Waals surface area (Å²) in [7, 11) is -4.04. The second-order valence-corrected chi connectivity index (χ2v) is 10.2. The average Bonchev–Trinajstić information content (AvgIpc) is 3.25. The SMILES string of the molecule is C=Cc1ccc(S(=O)(=O)NC(=O)c2cn(Cc3ccc(C=Cc4ccccc4)cc3Cl)c(C)n2)cc1. The van der Waals surface area contributed by atoms with Crippen molar-refractivity contribution in [3.05, 3.63) is 124 Å². The molecule has 4 aromatic rings. The van der Waals surface area contributed by atoms with Crippen LogP contribution in [-0.4, -0.2) is 23.9 Å². The van der Waals surface area contributed by atoms with Gasteiger partial charge in [-0.3, -0.25) is 4.79 Å². The van der Waals surface area contributed by atoms with Gasteiger partial charge in [-0.25, -0.2) is 18.1 Å². The maximum atomic E-state index is 12.7. The minimum absolute atomic E-state index is 0.00248. The molecule has 0 saturated heterocycles. The summed E-state index contributed by atoms with van der Waals surface area (Å²) in [6.07, 6.45) is 7.12. The lowest BCUT2D eigenvalue weighted by Crippen LogP contribution is -2.30. The largest absolute Gasteiger partial charge is 0.330 e. The van der Waals surface area contributed by atoms with E-state index in [1.165, 1.54) is 18.3 Å². The number of nitrogens with one attached hydrogen (secondary N) is 1. The van der Waals surface area contributed by atoms with Crippen LogP contribution < -0.4 is 4.72 Å². The molecule has 0 radical (unpaired) electrons. The van der Waals surface area contributed by atoms with Crippen molar-refractivity contribution >= 4 is 45.8 Å². The Kier molecular flexibility index (Phi) is 7.52. The molecule has 0 fully saturated rings. The van der Waals surface area contributed by atoms with Crippen molar-refractivity contribution in [2.75, 3.05) is 0 Å². The third-order valence-electron chi connectivity index (χ3n) is 5.55. The Morgan fingerprint density at radius 3 is 2.33 bits per heavy atom. The van der Waals surface area contributed by atoms with Crippen molar-refractivity contribution in [2.24, 2.45) is 0 Å². The van der Waals surface area contributed by atoms with Crippen LogP contribution in [0.5, 0.6) is 0 Å². The topological polar surface area (TPSA) is 81.1 Å². The van der Waals surface area contributed by atoms with E-state index in [9.17, 15) is 13.2 Å². The number of sulfonamides is 1. The minimum atomic E-state index is -4.04. The van der Waals surface area contributed by atoms with Gasteiger partial charge in [0, 0.05) is 11.2 Å². The van der Waals surface area contributed by atoms with Crippen molar-refractivity contribution in [1.82, 2.24) is 14.3 Å². The molecule has 1 aromatic heterocycles. The first kappa shape index (κ1) is 25.2. The highest BCUT2D eigenvalue weighted by molar-refractivity contribution is 7.90. The zero-order valence-electron chi connectivity index (χ0n) is 19.6. The van der Waals surface area contributed by atoms with Crippen molar-refractivity contribution in [1.29, 1.82) is 0 Å². The molecule has 1 amide bonds. The van der Waals surface area contributed by atoms with Gasteiger partial charge in [0.1, 0.15) is 11.5 Å². The fourth-order valence-electron chi connectivity index (χ4n) is 3.53. The van der Waals surface area contributed by atoms with Crippen LogP contribution in [0.25, 0.3) is 18.2 Å². The summed E-state index contributed by atoms with van der Waals surface area (Å²) in [5, 5.41) is 0.579. The van der Waals surface area contributed by atoms with Gasteiger partial charge in [-0.15, -0.1) is 0 Å². The van der Waals surface area contributed by atoms with Crippen LogP contribution in [0, 0.1) is 6.92 Å². The molecule has 36 heavy (non-hydrogen) atoms. The third-order valence-corrected chi connectivity index (χ3v) is 7.25. The highest BCUT2D eigenvalue weighted by atomic mass is 35.5. The Labute approximate surface area is 215 Å². The number of hydrogen-bond donors (Lipinski definition) is 1. The van der Waals surface area contributed by atoms with E-state index < -0.39 is 15.9 Å². The number of amides is 1. The molecule has 182 valence electrons. The molecule has 0 saturated carbocycles. The number of hydrogen-bond acceptors (Lipinski definition) is 4. The van der Waals surface area contributed by atoms with Gasteiger partial charge in [-0.05, 0) is 47.4 Å². The lowest BCUT2D eigenvalue weighted by molar-refractivity contribution is 0.0977. The molecular weight excluding hydrogens is 494 g/mol. The second-order valence-electron chi connectivity index (χ2n) is 8.10. The number of imidazole rings is 1. The van der Waals surface area contributed by atoms with Crippen LogP contribution in [0.3, 0.4) is 0 Å². The molecule has 6 nitrogen and oxygen atoms in total. The molecular formula is C28H24ClN3O3S. The van der Waals surface area contributed by atoms with E-state index in [0.29, 0.717) is 17.4 Å². The van der Waals surface area contributed by atoms with Gasteiger partial charge in [-0.2, -0.15) is 0 Å². The Morgan fingerprint density at radius 1 is 1.00 bits per heavy atom. The Balaban J connectivity index is 1.46. The van der Waals surface area contributed by atoms with Gasteiger partial charge in [0.2, 0.25) is 0 Å². The van der Waals surface area contributed by atoms with E-state index in [1.54, 1.807) is 29.7 Å². The van der Waals surface area contributed by atoms with Crippen molar-refractivity contribution in [3.8, 4) is 0 Å². The number of carbonyl (C=O) groups excluding carboxylic acids is 1. The van der Waals surface area contributed by atoms with E-state index >= 15 is 0 Å². The summed E-state index contributed by atoms with van der Waals surface area (Å²) in [6, 6.07) is 21.8. The van der Waals surface area contributed by atoms with Crippen molar-refractivity contribution in [3.63, 3.8) is 0 Å². The number of benzene rings is 3. The van der Waals surface area contributed by atoms with E-state index in [1.807, 2.05) is 60.7 Å². The molecule has 3 aromatic carbocycles. The normalized spacial score (nSPS) is 11.5. The van der Waals surface area contributed by atoms with Crippen molar-refractivity contribution in [2.45, 2.75) is 18.4 Å². The molecule has 0 unspecified atom stereocenters. The monoisotopic (exact) mass is 517 g/mol. The Hall–Kier alpha value is -3.94. The maximum absolute atomic E-state index is 12.7. The highest BCUT2D eigenvalue weighted by Gasteiger charge is 2.21. The summed E-state index contributed by atoms with van der Waals surface area (Å²) in [6.45, 7) is 5.76. The third kappa shape index (κ3) is 6.00. The van der Waals surface area contributed by atoms with E-state index in [4.69, 9.17) is 11.6 Å². The van der Waals surface area contributed by atoms with Gasteiger partial charge < -0.3 is 4.57 Å². The minimum Gasteiger partial charge on any atom is -0.330 e. The number of rotatable bonds is 8. The maximum Gasteiger partial charge on any atom is 0.285 e. The van der Waals surface area contributed by atoms with Crippen LogP contribution in [0.2, 0.25) is 5.02 Å². The molecule has 4 rings (SSSR count). The van der Waals surface area contributed by atoms with Crippen LogP contribution in [0.4, 0.5) is 0 Å². The Morgan fingerprint density at radius 2 is 1.67 bits per heavy atom. The van der Waals surface area contributed by atoms with Gasteiger partial charge in [0.25, 0.3) is 15.9 Å². The first-order valence-corrected chi connectivity index (χ1v) is 13.0. The molecule has 8 heteroatoms. The van der Waals surface area contributed by atoms with Gasteiger partial charge in [-0.1, -0.05) is 91.0 Å². The predicted molar refractivity (Wildman–Crippen MR) is 144 cm³/mol. The molecule has 0 bridgehead atoms. The summed E-state index contributed by atoms with van der Waals surface area (Å²) >= 11 is 6.53. The number of carbonyl (C=O) groups is 1. The van der Waals surface area contributed by atoms with Gasteiger partial charge in [0.15, 0.2) is 0 Å². The summed E-state index contributed by atoms with van der Waals surface area (Å²) in [5.74, 6) is -0.255. The van der Waals surface area contributed by atoms with Crippen LogP contribution in [0.1, 0.15) is 38.6 Å². The molecule has 1 heterocycles. The first-order chi connectivity index (χ1) is 17.2. The first-order valence-electron chi connectivity index (χ1n) is 11.1. The predicted octanol–water partition coefficient (Wildman–Crippen LogP) is 5.83. The zero-order chi connectivity index (χ0) is 25.7. The van der Waals surface area contributed by atoms with Gasteiger partial charge in [0.05, 0.1) is 11.4 Å². The molecule has 0 aliphatic carbocycles. The lowest BCUT2D eigenvalue weighted by atomic mass is 10.1. The van der Waals surface area contributed by atoms with Gasteiger partial charge >= 0.3 is 0 Å². The zero-order valence-corrected chi connectivity index (χ0v) is 21.1. The summed E-state index contributed by atoms with van der Waals surface area (Å²) in [4.78, 5) is 16.9. The second kappa shape index (κ2) is 10.8. The lowest BCUT2D eigenvalue weighted by Gasteiger charge is -2.08. The molecule has 1 N–H and O–H groups in total. The van der Waals surface area contributed by atoms with Crippen molar-refractivity contribution < 1.29 is 13.2 Å². The van der Waals surface area contributed by atoms with E-state index in [-0.39, 0.29) is 10.6 Å². The molecule has 0 aliphatic heterocycles. The smallest absolute Gasteiger partial charge is 0.285 e. The van der Waals surface area contributed by atoms with E-state index in [0.717, 1.165) is 22.3 Å². The average molecular weight is 518 g/mol. The fourth-order valence-corrected chi connectivity index (χ4v) is 4.74. The van der Waals surface area contributed by atoms with E-state index in [2.05, 4.69) is 16.3 Å². The molecule has 0 spiro atoms. The number of nitrogens with zero attached hydrogens (tertiary/aromatic N) is 2. The molecule has 0 aliphatic rings. The summed E-state index contributed by atoms with van der Waals surface area (Å²) < 4.78 is 29.0. The van der Waals surface area contributed by atoms with Crippen LogP contribution >= 0.6 is 11.6 Å². The molecule has 0 atom stereocenters. The van der Waals surface area contributed by atoms with Crippen LogP contribution in [-0.2, 0) is 16.6 Å². The van der Waals surface area contributed by atoms with Crippen LogP contribution in [0.15, 0.2) is 90.5 Å². The Bertz CT molecular complexity index is 1540. The highest BCUT2D eigenvalue weighted by Crippen LogP contribution is 2.22. The fraction of sp³-hybridized carbons (Fsp3) is 0.0714.